The van der Waals surface area contributed by atoms with Gasteiger partial charge < -0.3 is 10.6 Å². The summed E-state index contributed by atoms with van der Waals surface area (Å²) in [4.78, 5) is 14.1. The molecule has 0 aliphatic rings. The summed E-state index contributed by atoms with van der Waals surface area (Å²) in [5.74, 6) is -0.0299. The van der Waals surface area contributed by atoms with Crippen molar-refractivity contribution in [3.63, 3.8) is 0 Å². The Morgan fingerprint density at radius 1 is 0.950 bits per heavy atom. The molecule has 0 unspecified atom stereocenters. The van der Waals surface area contributed by atoms with Crippen molar-refractivity contribution < 1.29 is 4.79 Å². The Morgan fingerprint density at radius 2 is 1.35 bits per heavy atom. The van der Waals surface area contributed by atoms with Gasteiger partial charge in [0.15, 0.2) is 0 Å². The second kappa shape index (κ2) is 6.87. The predicted molar refractivity (Wildman–Crippen MR) is 80.8 cm³/mol. The van der Waals surface area contributed by atoms with Crippen molar-refractivity contribution in [2.24, 2.45) is 5.73 Å². The average molecular weight is 268 g/mol. The van der Waals surface area contributed by atoms with Crippen LogP contribution in [0.25, 0.3) is 0 Å². The molecule has 0 radical (unpaired) electrons. The maximum Gasteiger partial charge on any atom is 0.239 e. The Kier molecular flexibility index (Phi) is 4.91. The van der Waals surface area contributed by atoms with Gasteiger partial charge >= 0.3 is 0 Å². The van der Waals surface area contributed by atoms with Gasteiger partial charge in [-0.1, -0.05) is 60.7 Å². The Bertz CT molecular complexity index is 496. The Labute approximate surface area is 120 Å². The van der Waals surface area contributed by atoms with Crippen LogP contribution in [0.15, 0.2) is 60.7 Å². The number of hydrogen-bond acceptors (Lipinski definition) is 2. The van der Waals surface area contributed by atoms with E-state index in [-0.39, 0.29) is 5.91 Å². The number of nitrogens with two attached hydrogens (primary N) is 1. The zero-order valence-electron chi connectivity index (χ0n) is 11.7. The first-order valence-corrected chi connectivity index (χ1v) is 6.79. The molecule has 0 bridgehead atoms. The SMILES string of the molecule is C[C@H](N)C(=O)N(Cc1ccccc1)Cc1ccccc1. The minimum atomic E-state index is -0.484. The molecule has 0 aliphatic carbocycles. The van der Waals surface area contributed by atoms with Crippen molar-refractivity contribution in [3.05, 3.63) is 71.8 Å². The molecule has 3 nitrogen and oxygen atoms in total. The fourth-order valence-corrected chi connectivity index (χ4v) is 2.11. The Balaban J connectivity index is 2.15. The van der Waals surface area contributed by atoms with Crippen LogP contribution in [-0.4, -0.2) is 16.8 Å². The maximum atomic E-state index is 12.3. The third-order valence-corrected chi connectivity index (χ3v) is 3.13. The first-order valence-electron chi connectivity index (χ1n) is 6.79. The van der Waals surface area contributed by atoms with Gasteiger partial charge in [0, 0.05) is 13.1 Å². The number of rotatable bonds is 5. The lowest BCUT2D eigenvalue weighted by molar-refractivity contribution is -0.133. The summed E-state index contributed by atoms with van der Waals surface area (Å²) in [6, 6.07) is 19.5. The van der Waals surface area contributed by atoms with Gasteiger partial charge in [-0.15, -0.1) is 0 Å². The zero-order valence-corrected chi connectivity index (χ0v) is 11.7. The Hall–Kier alpha value is -2.13. The van der Waals surface area contributed by atoms with E-state index in [1.54, 1.807) is 11.8 Å². The summed E-state index contributed by atoms with van der Waals surface area (Å²) in [5, 5.41) is 0. The average Bonchev–Trinajstić information content (AvgIpc) is 2.48. The highest BCUT2D eigenvalue weighted by molar-refractivity contribution is 5.81. The number of nitrogens with zero attached hydrogens (tertiary/aromatic N) is 1. The second-order valence-electron chi connectivity index (χ2n) is 4.95. The van der Waals surface area contributed by atoms with E-state index in [2.05, 4.69) is 0 Å². The van der Waals surface area contributed by atoms with Crippen LogP contribution in [0.3, 0.4) is 0 Å². The van der Waals surface area contributed by atoms with E-state index < -0.39 is 6.04 Å². The van der Waals surface area contributed by atoms with E-state index in [1.807, 2.05) is 60.7 Å². The molecule has 1 atom stereocenters. The summed E-state index contributed by atoms with van der Waals surface area (Å²) in [5.41, 5.74) is 7.97. The van der Waals surface area contributed by atoms with Gasteiger partial charge in [0.1, 0.15) is 0 Å². The fourth-order valence-electron chi connectivity index (χ4n) is 2.11. The smallest absolute Gasteiger partial charge is 0.239 e. The molecule has 0 saturated heterocycles. The van der Waals surface area contributed by atoms with E-state index in [1.165, 1.54) is 0 Å². The lowest BCUT2D eigenvalue weighted by Crippen LogP contribution is -2.41. The molecular formula is C17H20N2O. The molecule has 2 N–H and O–H groups in total. The van der Waals surface area contributed by atoms with E-state index >= 15 is 0 Å². The van der Waals surface area contributed by atoms with Crippen molar-refractivity contribution in [2.75, 3.05) is 0 Å². The van der Waals surface area contributed by atoms with Gasteiger partial charge in [-0.05, 0) is 18.1 Å². The number of benzene rings is 2. The molecule has 0 aromatic heterocycles. The summed E-state index contributed by atoms with van der Waals surface area (Å²) in [6.07, 6.45) is 0. The lowest BCUT2D eigenvalue weighted by atomic mass is 10.1. The van der Waals surface area contributed by atoms with Gasteiger partial charge in [-0.25, -0.2) is 0 Å². The third kappa shape index (κ3) is 3.93. The standard InChI is InChI=1S/C17H20N2O/c1-14(18)17(20)19(12-15-8-4-2-5-9-15)13-16-10-6-3-7-11-16/h2-11,14H,12-13,18H2,1H3/t14-/m0/s1. The van der Waals surface area contributed by atoms with Crippen molar-refractivity contribution >= 4 is 5.91 Å². The molecule has 1 amide bonds. The van der Waals surface area contributed by atoms with Gasteiger partial charge in [-0.3, -0.25) is 4.79 Å². The largest absolute Gasteiger partial charge is 0.333 e. The summed E-state index contributed by atoms with van der Waals surface area (Å²) < 4.78 is 0. The molecule has 104 valence electrons. The molecule has 2 aromatic carbocycles. The van der Waals surface area contributed by atoms with Crippen LogP contribution in [0.5, 0.6) is 0 Å². The van der Waals surface area contributed by atoms with E-state index in [4.69, 9.17) is 5.73 Å². The van der Waals surface area contributed by atoms with Gasteiger partial charge in [0.2, 0.25) is 5.91 Å². The first-order chi connectivity index (χ1) is 9.66. The van der Waals surface area contributed by atoms with Crippen LogP contribution >= 0.6 is 0 Å². The molecule has 0 saturated carbocycles. The van der Waals surface area contributed by atoms with Gasteiger partial charge in [-0.2, -0.15) is 0 Å². The molecular weight excluding hydrogens is 248 g/mol. The second-order valence-corrected chi connectivity index (χ2v) is 4.95. The number of hydrogen-bond donors (Lipinski definition) is 1. The summed E-state index contributed by atoms with van der Waals surface area (Å²) >= 11 is 0. The zero-order chi connectivity index (χ0) is 14.4. The van der Waals surface area contributed by atoms with E-state index in [0.717, 1.165) is 11.1 Å². The van der Waals surface area contributed by atoms with Crippen LogP contribution in [0.1, 0.15) is 18.1 Å². The van der Waals surface area contributed by atoms with Gasteiger partial charge in [0.25, 0.3) is 0 Å². The number of carbonyl (C=O) groups excluding carboxylic acids is 1. The quantitative estimate of drug-likeness (QED) is 0.906. The molecule has 0 aliphatic heterocycles. The summed E-state index contributed by atoms with van der Waals surface area (Å²) in [6.45, 7) is 2.89. The molecule has 0 spiro atoms. The summed E-state index contributed by atoms with van der Waals surface area (Å²) in [7, 11) is 0. The van der Waals surface area contributed by atoms with Crippen LogP contribution in [0.4, 0.5) is 0 Å². The third-order valence-electron chi connectivity index (χ3n) is 3.13. The van der Waals surface area contributed by atoms with Crippen molar-refractivity contribution in [1.82, 2.24) is 4.90 Å². The molecule has 20 heavy (non-hydrogen) atoms. The van der Waals surface area contributed by atoms with Crippen molar-refractivity contribution in [1.29, 1.82) is 0 Å². The van der Waals surface area contributed by atoms with E-state index in [9.17, 15) is 4.79 Å². The molecule has 0 fully saturated rings. The highest BCUT2D eigenvalue weighted by Crippen LogP contribution is 2.11. The predicted octanol–water partition coefficient (Wildman–Crippen LogP) is 2.56. The van der Waals surface area contributed by atoms with Crippen molar-refractivity contribution in [2.45, 2.75) is 26.1 Å². The fraction of sp³-hybridized carbons (Fsp3) is 0.235. The highest BCUT2D eigenvalue weighted by Gasteiger charge is 2.17. The number of amides is 1. The molecule has 3 heteroatoms. The molecule has 0 heterocycles. The first kappa shape index (κ1) is 14.3. The van der Waals surface area contributed by atoms with E-state index in [0.29, 0.717) is 13.1 Å². The van der Waals surface area contributed by atoms with Crippen LogP contribution in [-0.2, 0) is 17.9 Å². The van der Waals surface area contributed by atoms with Crippen molar-refractivity contribution in [3.8, 4) is 0 Å². The van der Waals surface area contributed by atoms with Crippen LogP contribution in [0.2, 0.25) is 0 Å². The number of carbonyl (C=O) groups is 1. The van der Waals surface area contributed by atoms with Crippen LogP contribution in [0, 0.1) is 0 Å². The Morgan fingerprint density at radius 3 is 1.70 bits per heavy atom. The van der Waals surface area contributed by atoms with Crippen LogP contribution < -0.4 is 5.73 Å². The lowest BCUT2D eigenvalue weighted by Gasteiger charge is -2.24. The molecule has 2 aromatic rings. The molecule has 2 rings (SSSR count). The normalized spacial score (nSPS) is 11.9. The maximum absolute atomic E-state index is 12.3. The topological polar surface area (TPSA) is 46.3 Å². The minimum Gasteiger partial charge on any atom is -0.333 e. The highest BCUT2D eigenvalue weighted by atomic mass is 16.2. The van der Waals surface area contributed by atoms with Gasteiger partial charge in [0.05, 0.1) is 6.04 Å². The minimum absolute atomic E-state index is 0.0299. The monoisotopic (exact) mass is 268 g/mol.